The third-order valence-electron chi connectivity index (χ3n) is 3.13. The van der Waals surface area contributed by atoms with Crippen molar-refractivity contribution in [2.24, 2.45) is 13.0 Å². The minimum Gasteiger partial charge on any atom is -0.368 e. The number of aryl methyl sites for hydroxylation is 1. The highest BCUT2D eigenvalue weighted by Crippen LogP contribution is 2.30. The van der Waals surface area contributed by atoms with Gasteiger partial charge in [-0.05, 0) is 19.3 Å². The lowest BCUT2D eigenvalue weighted by Gasteiger charge is -2.28. The molecule has 1 saturated carbocycles. The molecule has 0 saturated heterocycles. The van der Waals surface area contributed by atoms with Crippen LogP contribution < -0.4 is 5.32 Å². The van der Waals surface area contributed by atoms with Crippen LogP contribution in [-0.2, 0) is 7.05 Å². The minimum atomic E-state index is 0.565. The van der Waals surface area contributed by atoms with Crippen LogP contribution in [0.15, 0.2) is 12.3 Å². The normalized spacial score (nSPS) is 19.0. The van der Waals surface area contributed by atoms with Gasteiger partial charge in [-0.3, -0.25) is 4.68 Å². The molecule has 1 aliphatic carbocycles. The van der Waals surface area contributed by atoms with E-state index in [1.165, 1.54) is 25.7 Å². The average Bonchev–Trinajstić information content (AvgIpc) is 2.45. The van der Waals surface area contributed by atoms with E-state index in [2.05, 4.69) is 17.3 Å². The Balaban J connectivity index is 1.81. The Hall–Kier alpha value is -0.990. The maximum Gasteiger partial charge on any atom is 0.124 e. The van der Waals surface area contributed by atoms with Crippen molar-refractivity contribution in [2.45, 2.75) is 38.6 Å². The standard InChI is InChI=1S/C11H19N3/c1-9(8-10-4-3-5-10)13-11-6-7-12-14(11)2/h6-7,9-10,13H,3-5,8H2,1-2H3. The second-order valence-corrected chi connectivity index (χ2v) is 4.42. The van der Waals surface area contributed by atoms with Crippen molar-refractivity contribution in [3.63, 3.8) is 0 Å². The fourth-order valence-corrected chi connectivity index (χ4v) is 2.06. The largest absolute Gasteiger partial charge is 0.368 e. The van der Waals surface area contributed by atoms with E-state index in [0.717, 1.165) is 11.7 Å². The summed E-state index contributed by atoms with van der Waals surface area (Å²) in [6.07, 6.45) is 7.42. The predicted octanol–water partition coefficient (Wildman–Crippen LogP) is 2.41. The molecule has 1 unspecified atom stereocenters. The van der Waals surface area contributed by atoms with Crippen molar-refractivity contribution in [1.82, 2.24) is 9.78 Å². The van der Waals surface area contributed by atoms with Crippen LogP contribution in [0.2, 0.25) is 0 Å². The molecule has 1 fully saturated rings. The Labute approximate surface area is 85.5 Å². The fraction of sp³-hybridized carbons (Fsp3) is 0.727. The molecule has 0 amide bonds. The molecular weight excluding hydrogens is 174 g/mol. The number of hydrogen-bond acceptors (Lipinski definition) is 2. The molecule has 0 bridgehead atoms. The van der Waals surface area contributed by atoms with E-state index in [0.29, 0.717) is 6.04 Å². The lowest BCUT2D eigenvalue weighted by atomic mass is 9.81. The van der Waals surface area contributed by atoms with E-state index in [1.807, 2.05) is 24.0 Å². The van der Waals surface area contributed by atoms with E-state index in [1.54, 1.807) is 0 Å². The van der Waals surface area contributed by atoms with E-state index in [9.17, 15) is 0 Å². The smallest absolute Gasteiger partial charge is 0.124 e. The van der Waals surface area contributed by atoms with Gasteiger partial charge in [0.15, 0.2) is 0 Å². The molecule has 1 aromatic rings. The van der Waals surface area contributed by atoms with Gasteiger partial charge in [-0.2, -0.15) is 5.10 Å². The highest BCUT2D eigenvalue weighted by atomic mass is 15.3. The molecule has 78 valence electrons. The fourth-order valence-electron chi connectivity index (χ4n) is 2.06. The first-order valence-corrected chi connectivity index (χ1v) is 5.50. The van der Waals surface area contributed by atoms with Crippen LogP contribution in [0.4, 0.5) is 5.82 Å². The highest BCUT2D eigenvalue weighted by Gasteiger charge is 2.20. The molecule has 1 N–H and O–H groups in total. The summed E-state index contributed by atoms with van der Waals surface area (Å²) in [7, 11) is 1.97. The summed E-state index contributed by atoms with van der Waals surface area (Å²) in [6, 6.07) is 2.59. The number of anilines is 1. The minimum absolute atomic E-state index is 0.565. The second kappa shape index (κ2) is 4.03. The monoisotopic (exact) mass is 193 g/mol. The van der Waals surface area contributed by atoms with Crippen LogP contribution in [0.5, 0.6) is 0 Å². The van der Waals surface area contributed by atoms with E-state index < -0.39 is 0 Å². The van der Waals surface area contributed by atoms with Crippen molar-refractivity contribution < 1.29 is 0 Å². The van der Waals surface area contributed by atoms with Crippen LogP contribution in [0, 0.1) is 5.92 Å². The van der Waals surface area contributed by atoms with Gasteiger partial charge in [0, 0.05) is 19.2 Å². The number of rotatable bonds is 4. The lowest BCUT2D eigenvalue weighted by molar-refractivity contribution is 0.285. The summed E-state index contributed by atoms with van der Waals surface area (Å²) in [5, 5.41) is 7.63. The van der Waals surface area contributed by atoms with Gasteiger partial charge < -0.3 is 5.32 Å². The highest BCUT2D eigenvalue weighted by molar-refractivity contribution is 5.34. The van der Waals surface area contributed by atoms with Gasteiger partial charge in [-0.25, -0.2) is 0 Å². The molecular formula is C11H19N3. The zero-order valence-electron chi connectivity index (χ0n) is 9.03. The number of hydrogen-bond donors (Lipinski definition) is 1. The summed E-state index contributed by atoms with van der Waals surface area (Å²) in [6.45, 7) is 2.26. The molecule has 0 radical (unpaired) electrons. The van der Waals surface area contributed by atoms with Crippen LogP contribution in [0.25, 0.3) is 0 Å². The maximum absolute atomic E-state index is 4.14. The quantitative estimate of drug-likeness (QED) is 0.795. The molecule has 0 aromatic carbocycles. The molecule has 1 heterocycles. The second-order valence-electron chi connectivity index (χ2n) is 4.42. The van der Waals surface area contributed by atoms with Gasteiger partial charge in [0.2, 0.25) is 0 Å². The van der Waals surface area contributed by atoms with Gasteiger partial charge in [0.1, 0.15) is 5.82 Å². The molecule has 3 nitrogen and oxygen atoms in total. The van der Waals surface area contributed by atoms with Crippen LogP contribution in [0.1, 0.15) is 32.6 Å². The van der Waals surface area contributed by atoms with Gasteiger partial charge in [-0.1, -0.05) is 19.3 Å². The van der Waals surface area contributed by atoms with Crippen molar-refractivity contribution in [3.8, 4) is 0 Å². The third-order valence-corrected chi connectivity index (χ3v) is 3.13. The first-order chi connectivity index (χ1) is 6.75. The molecule has 3 heteroatoms. The first kappa shape index (κ1) is 9.56. The summed E-state index contributed by atoms with van der Waals surface area (Å²) in [5.41, 5.74) is 0. The zero-order chi connectivity index (χ0) is 9.97. The molecule has 0 spiro atoms. The Morgan fingerprint density at radius 2 is 2.43 bits per heavy atom. The topological polar surface area (TPSA) is 29.9 Å². The van der Waals surface area contributed by atoms with Crippen LogP contribution in [0.3, 0.4) is 0 Å². The van der Waals surface area contributed by atoms with Crippen molar-refractivity contribution in [2.75, 3.05) is 5.32 Å². The molecule has 0 aliphatic heterocycles. The van der Waals surface area contributed by atoms with Gasteiger partial charge >= 0.3 is 0 Å². The number of nitrogens with one attached hydrogen (secondary N) is 1. The third kappa shape index (κ3) is 2.08. The average molecular weight is 193 g/mol. The van der Waals surface area contributed by atoms with Crippen LogP contribution in [-0.4, -0.2) is 15.8 Å². The Morgan fingerprint density at radius 3 is 2.93 bits per heavy atom. The van der Waals surface area contributed by atoms with E-state index in [-0.39, 0.29) is 0 Å². The molecule has 1 aliphatic rings. The summed E-state index contributed by atoms with van der Waals surface area (Å²) in [4.78, 5) is 0. The van der Waals surface area contributed by atoms with Crippen molar-refractivity contribution in [1.29, 1.82) is 0 Å². The van der Waals surface area contributed by atoms with Gasteiger partial charge in [0.05, 0.1) is 6.20 Å². The van der Waals surface area contributed by atoms with Gasteiger partial charge in [-0.15, -0.1) is 0 Å². The van der Waals surface area contributed by atoms with Crippen LogP contribution >= 0.6 is 0 Å². The molecule has 1 atom stereocenters. The Morgan fingerprint density at radius 1 is 1.64 bits per heavy atom. The lowest BCUT2D eigenvalue weighted by Crippen LogP contribution is -2.24. The van der Waals surface area contributed by atoms with Crippen molar-refractivity contribution >= 4 is 5.82 Å². The van der Waals surface area contributed by atoms with Crippen molar-refractivity contribution in [3.05, 3.63) is 12.3 Å². The maximum atomic E-state index is 4.14. The molecule has 14 heavy (non-hydrogen) atoms. The SMILES string of the molecule is CC(CC1CCC1)Nc1ccnn1C. The van der Waals surface area contributed by atoms with E-state index >= 15 is 0 Å². The number of nitrogens with zero attached hydrogens (tertiary/aromatic N) is 2. The molecule has 1 aromatic heterocycles. The van der Waals surface area contributed by atoms with E-state index in [4.69, 9.17) is 0 Å². The predicted molar refractivity (Wildman–Crippen MR) is 58.3 cm³/mol. The van der Waals surface area contributed by atoms with Gasteiger partial charge in [0.25, 0.3) is 0 Å². The number of aromatic nitrogens is 2. The zero-order valence-corrected chi connectivity index (χ0v) is 9.03. The first-order valence-electron chi connectivity index (χ1n) is 5.50. The molecule has 2 rings (SSSR count). The summed E-state index contributed by atoms with van der Waals surface area (Å²) < 4.78 is 1.89. The summed E-state index contributed by atoms with van der Waals surface area (Å²) in [5.74, 6) is 2.09. The Bertz CT molecular complexity index is 288. The summed E-state index contributed by atoms with van der Waals surface area (Å²) >= 11 is 0. The Kier molecular flexibility index (Phi) is 2.75.